The SMILES string of the molecule is CCCCCCS(=O)CCCCCC.CCCCCCS(=O)CCCCCC.Oc1ccc(O)cc1. The molecule has 0 saturated carbocycles. The van der Waals surface area contributed by atoms with Gasteiger partial charge in [0.1, 0.15) is 11.5 Å². The Morgan fingerprint density at radius 2 is 0.667 bits per heavy atom. The molecule has 0 aliphatic heterocycles. The van der Waals surface area contributed by atoms with E-state index in [4.69, 9.17) is 10.2 Å². The minimum atomic E-state index is -0.527. The van der Waals surface area contributed by atoms with E-state index in [0.717, 1.165) is 48.7 Å². The van der Waals surface area contributed by atoms with Crippen LogP contribution in [0.3, 0.4) is 0 Å². The number of rotatable bonds is 20. The maximum Gasteiger partial charge on any atom is 0.115 e. The van der Waals surface area contributed by atoms with E-state index in [9.17, 15) is 8.42 Å². The quantitative estimate of drug-likeness (QED) is 0.126. The number of phenolic OH excluding ortho intramolecular Hbond substituents is 2. The first-order valence-corrected chi connectivity index (χ1v) is 17.6. The summed E-state index contributed by atoms with van der Waals surface area (Å²) in [6.07, 6.45) is 20.0. The summed E-state index contributed by atoms with van der Waals surface area (Å²) in [6.45, 7) is 8.84. The number of phenols is 2. The molecule has 36 heavy (non-hydrogen) atoms. The third kappa shape index (κ3) is 31.2. The summed E-state index contributed by atoms with van der Waals surface area (Å²) in [5.74, 6) is 4.09. The van der Waals surface area contributed by atoms with Gasteiger partial charge in [-0.15, -0.1) is 0 Å². The van der Waals surface area contributed by atoms with Crippen molar-refractivity contribution in [3.05, 3.63) is 24.3 Å². The van der Waals surface area contributed by atoms with Crippen LogP contribution in [0, 0.1) is 0 Å². The molecule has 0 spiro atoms. The Hall–Kier alpha value is -0.880. The van der Waals surface area contributed by atoms with Gasteiger partial charge in [0.05, 0.1) is 0 Å². The van der Waals surface area contributed by atoms with Gasteiger partial charge >= 0.3 is 0 Å². The van der Waals surface area contributed by atoms with Crippen LogP contribution in [-0.2, 0) is 21.6 Å². The van der Waals surface area contributed by atoms with Gasteiger partial charge in [-0.2, -0.15) is 0 Å². The second kappa shape index (κ2) is 30.3. The molecule has 0 aliphatic rings. The zero-order valence-corrected chi connectivity index (χ0v) is 25.6. The van der Waals surface area contributed by atoms with Gasteiger partial charge in [0.25, 0.3) is 0 Å². The van der Waals surface area contributed by atoms with Crippen LogP contribution in [0.2, 0.25) is 0 Å². The summed E-state index contributed by atoms with van der Waals surface area (Å²) in [4.78, 5) is 0. The average molecular weight is 547 g/mol. The lowest BCUT2D eigenvalue weighted by Gasteiger charge is -2.01. The van der Waals surface area contributed by atoms with E-state index in [1.165, 1.54) is 101 Å². The molecule has 0 amide bonds. The molecule has 0 heterocycles. The van der Waals surface area contributed by atoms with Crippen LogP contribution in [0.4, 0.5) is 0 Å². The predicted molar refractivity (Wildman–Crippen MR) is 162 cm³/mol. The lowest BCUT2D eigenvalue weighted by molar-refractivity contribution is 0.460. The van der Waals surface area contributed by atoms with E-state index < -0.39 is 21.6 Å². The van der Waals surface area contributed by atoms with Crippen LogP contribution in [0.15, 0.2) is 24.3 Å². The molecule has 0 aliphatic carbocycles. The Kier molecular flexibility index (Phi) is 31.4. The van der Waals surface area contributed by atoms with Crippen molar-refractivity contribution < 1.29 is 18.6 Å². The van der Waals surface area contributed by atoms with E-state index in [0.29, 0.717) is 0 Å². The molecule has 0 bridgehead atoms. The topological polar surface area (TPSA) is 74.6 Å². The number of unbranched alkanes of at least 4 members (excludes halogenated alkanes) is 12. The van der Waals surface area contributed by atoms with Crippen molar-refractivity contribution in [2.45, 2.75) is 130 Å². The van der Waals surface area contributed by atoms with E-state index in [1.807, 2.05) is 0 Å². The highest BCUT2D eigenvalue weighted by atomic mass is 32.2. The van der Waals surface area contributed by atoms with Crippen molar-refractivity contribution in [1.29, 1.82) is 0 Å². The first-order valence-electron chi connectivity index (χ1n) is 14.6. The first-order chi connectivity index (χ1) is 17.4. The van der Waals surface area contributed by atoms with Crippen LogP contribution in [-0.4, -0.2) is 41.6 Å². The molecule has 0 aromatic heterocycles. The Labute approximate surface area is 229 Å². The molecule has 0 atom stereocenters. The average Bonchev–Trinajstić information content (AvgIpc) is 2.87. The van der Waals surface area contributed by atoms with Gasteiger partial charge in [-0.05, 0) is 49.9 Å². The standard InChI is InChI=1S/2C12H26OS.C6H6O2/c2*1-3-5-7-9-11-14(13)12-10-8-6-4-2;7-5-1-2-6(8)4-3-5/h2*3-12H2,1-2H3;1-4,7-8H. The summed E-state index contributed by atoms with van der Waals surface area (Å²) in [5.41, 5.74) is 0. The first kappa shape index (κ1) is 37.3. The number of hydrogen-bond acceptors (Lipinski definition) is 4. The number of hydrogen-bond donors (Lipinski definition) is 2. The molecule has 1 aromatic rings. The van der Waals surface area contributed by atoms with Crippen molar-refractivity contribution in [2.75, 3.05) is 23.0 Å². The van der Waals surface area contributed by atoms with Crippen molar-refractivity contribution in [3.8, 4) is 11.5 Å². The zero-order valence-electron chi connectivity index (χ0n) is 24.0. The molecule has 0 unspecified atom stereocenters. The minimum absolute atomic E-state index is 0.169. The number of aromatic hydroxyl groups is 2. The molecule has 0 radical (unpaired) electrons. The van der Waals surface area contributed by atoms with Crippen molar-refractivity contribution in [1.82, 2.24) is 0 Å². The molecule has 214 valence electrons. The molecule has 1 rings (SSSR count). The molecule has 0 fully saturated rings. The summed E-state index contributed by atoms with van der Waals surface area (Å²) >= 11 is 0. The molecular formula is C30H58O4S2. The zero-order chi connectivity index (χ0) is 27.3. The van der Waals surface area contributed by atoms with Gasteiger partial charge < -0.3 is 10.2 Å². The van der Waals surface area contributed by atoms with Crippen LogP contribution >= 0.6 is 0 Å². The molecule has 1 aromatic carbocycles. The van der Waals surface area contributed by atoms with E-state index in [2.05, 4.69) is 27.7 Å². The summed E-state index contributed by atoms with van der Waals surface area (Å²) in [5, 5.41) is 17.3. The second-order valence-electron chi connectivity index (χ2n) is 9.46. The number of benzene rings is 1. The van der Waals surface area contributed by atoms with Crippen molar-refractivity contribution in [3.63, 3.8) is 0 Å². The van der Waals surface area contributed by atoms with Crippen LogP contribution in [0.25, 0.3) is 0 Å². The van der Waals surface area contributed by atoms with E-state index >= 15 is 0 Å². The van der Waals surface area contributed by atoms with Crippen LogP contribution in [0.1, 0.15) is 130 Å². The van der Waals surface area contributed by atoms with Crippen LogP contribution in [0.5, 0.6) is 11.5 Å². The third-order valence-electron chi connectivity index (χ3n) is 5.75. The molecule has 2 N–H and O–H groups in total. The fourth-order valence-electron chi connectivity index (χ4n) is 3.42. The third-order valence-corrected chi connectivity index (χ3v) is 8.73. The maximum atomic E-state index is 11.5. The van der Waals surface area contributed by atoms with E-state index in [-0.39, 0.29) is 11.5 Å². The van der Waals surface area contributed by atoms with Gasteiger partial charge in [-0.3, -0.25) is 8.42 Å². The van der Waals surface area contributed by atoms with Crippen molar-refractivity contribution >= 4 is 21.6 Å². The summed E-state index contributed by atoms with van der Waals surface area (Å²) in [7, 11) is -1.05. The minimum Gasteiger partial charge on any atom is -0.508 e. The molecular weight excluding hydrogens is 488 g/mol. The highest BCUT2D eigenvalue weighted by Crippen LogP contribution is 2.13. The lowest BCUT2D eigenvalue weighted by Crippen LogP contribution is -2.02. The molecule has 4 nitrogen and oxygen atoms in total. The Bertz CT molecular complexity index is 524. The largest absolute Gasteiger partial charge is 0.508 e. The second-order valence-corrected chi connectivity index (χ2v) is 12.8. The summed E-state index contributed by atoms with van der Waals surface area (Å²) < 4.78 is 23.0. The maximum absolute atomic E-state index is 11.5. The van der Waals surface area contributed by atoms with Gasteiger partial charge in [0.15, 0.2) is 0 Å². The highest BCUT2D eigenvalue weighted by Gasteiger charge is 2.00. The highest BCUT2D eigenvalue weighted by molar-refractivity contribution is 7.85. The fraction of sp³-hybridized carbons (Fsp3) is 0.800. The smallest absolute Gasteiger partial charge is 0.115 e. The molecule has 0 saturated heterocycles. The van der Waals surface area contributed by atoms with Crippen molar-refractivity contribution in [2.24, 2.45) is 0 Å². The Balaban J connectivity index is 0. The van der Waals surface area contributed by atoms with E-state index in [1.54, 1.807) is 0 Å². The van der Waals surface area contributed by atoms with Crippen LogP contribution < -0.4 is 0 Å². The van der Waals surface area contributed by atoms with Gasteiger partial charge in [0.2, 0.25) is 0 Å². The normalized spacial score (nSPS) is 10.6. The Morgan fingerprint density at radius 3 is 0.861 bits per heavy atom. The van der Waals surface area contributed by atoms with Gasteiger partial charge in [0, 0.05) is 44.6 Å². The summed E-state index contributed by atoms with van der Waals surface area (Å²) in [6, 6.07) is 5.70. The fourth-order valence-corrected chi connectivity index (χ4v) is 5.93. The van der Waals surface area contributed by atoms with Gasteiger partial charge in [-0.25, -0.2) is 0 Å². The predicted octanol–water partition coefficient (Wildman–Crippen LogP) is 8.89. The Morgan fingerprint density at radius 1 is 0.444 bits per heavy atom. The lowest BCUT2D eigenvalue weighted by atomic mass is 10.2. The molecule has 6 heteroatoms. The monoisotopic (exact) mass is 546 g/mol. The van der Waals surface area contributed by atoms with Gasteiger partial charge in [-0.1, -0.05) is 105 Å².